The molecule has 1 amide bonds. The van der Waals surface area contributed by atoms with Crippen LogP contribution in [0.15, 0.2) is 18.2 Å². The molecule has 24 heavy (non-hydrogen) atoms. The fourth-order valence-corrected chi connectivity index (χ4v) is 2.39. The molecule has 0 aliphatic carbocycles. The summed E-state index contributed by atoms with van der Waals surface area (Å²) in [4.78, 5) is 11.8. The predicted octanol–water partition coefficient (Wildman–Crippen LogP) is 4.68. The number of rotatable bonds is 8. The van der Waals surface area contributed by atoms with Crippen LogP contribution in [0.1, 0.15) is 72.4 Å². The van der Waals surface area contributed by atoms with Gasteiger partial charge in [-0.25, -0.2) is 5.06 Å². The van der Waals surface area contributed by atoms with E-state index in [9.17, 15) is 10.0 Å². The lowest BCUT2D eigenvalue weighted by atomic mass is 9.76. The SMILES string of the molecule is CCN(O)C(=O)COc1ccc(C(C)(C)CC)cc1C(C)(C)CC. The summed E-state index contributed by atoms with van der Waals surface area (Å²) >= 11 is 0. The minimum absolute atomic E-state index is 0.0537. The zero-order chi connectivity index (χ0) is 18.5. The van der Waals surface area contributed by atoms with Gasteiger partial charge < -0.3 is 4.74 Å². The molecule has 4 nitrogen and oxygen atoms in total. The molecular weight excluding hydrogens is 302 g/mol. The third kappa shape index (κ3) is 4.73. The molecule has 0 radical (unpaired) electrons. The van der Waals surface area contributed by atoms with Gasteiger partial charge in [0.2, 0.25) is 0 Å². The van der Waals surface area contributed by atoms with Crippen LogP contribution in [0.5, 0.6) is 5.75 Å². The van der Waals surface area contributed by atoms with Crippen LogP contribution in [-0.4, -0.2) is 29.3 Å². The Labute approximate surface area is 146 Å². The summed E-state index contributed by atoms with van der Waals surface area (Å²) in [6.45, 7) is 15.0. The number of hydrogen-bond acceptors (Lipinski definition) is 3. The zero-order valence-corrected chi connectivity index (χ0v) is 16.3. The lowest BCUT2D eigenvalue weighted by Gasteiger charge is -2.30. The lowest BCUT2D eigenvalue weighted by Crippen LogP contribution is -2.32. The first-order valence-corrected chi connectivity index (χ1v) is 8.86. The Bertz CT molecular complexity index is 564. The van der Waals surface area contributed by atoms with Crippen molar-refractivity contribution in [3.05, 3.63) is 29.3 Å². The molecule has 1 aromatic rings. The van der Waals surface area contributed by atoms with Crippen LogP contribution in [0.25, 0.3) is 0 Å². The standard InChI is InChI=1S/C20H33NO3/c1-8-19(4,5)15-11-12-17(16(13-15)20(6,7)9-2)24-14-18(22)21(23)10-3/h11-13,23H,8-10,14H2,1-7H3. The van der Waals surface area contributed by atoms with E-state index in [1.54, 1.807) is 6.92 Å². The average molecular weight is 335 g/mol. The highest BCUT2D eigenvalue weighted by molar-refractivity contribution is 5.76. The highest BCUT2D eigenvalue weighted by atomic mass is 16.5. The summed E-state index contributed by atoms with van der Waals surface area (Å²) in [7, 11) is 0. The Morgan fingerprint density at radius 1 is 1.08 bits per heavy atom. The van der Waals surface area contributed by atoms with Crippen molar-refractivity contribution < 1.29 is 14.7 Å². The van der Waals surface area contributed by atoms with E-state index >= 15 is 0 Å². The van der Waals surface area contributed by atoms with Crippen LogP contribution in [-0.2, 0) is 15.6 Å². The van der Waals surface area contributed by atoms with Gasteiger partial charge in [0.05, 0.1) is 0 Å². The summed E-state index contributed by atoms with van der Waals surface area (Å²) in [5.41, 5.74) is 2.43. The van der Waals surface area contributed by atoms with Crippen LogP contribution in [0, 0.1) is 0 Å². The Hall–Kier alpha value is -1.55. The predicted molar refractivity (Wildman–Crippen MR) is 97.7 cm³/mol. The second-order valence-corrected chi connectivity index (χ2v) is 7.58. The Morgan fingerprint density at radius 2 is 1.67 bits per heavy atom. The molecule has 0 aliphatic heterocycles. The Balaban J connectivity index is 3.18. The van der Waals surface area contributed by atoms with Gasteiger partial charge >= 0.3 is 0 Å². The van der Waals surface area contributed by atoms with Crippen molar-refractivity contribution in [2.45, 2.75) is 72.1 Å². The number of nitrogens with zero attached hydrogens (tertiary/aromatic N) is 1. The third-order valence-electron chi connectivity index (χ3n) is 5.20. The first-order chi connectivity index (χ1) is 11.1. The number of likely N-dealkylation sites (N-methyl/N-ethyl adjacent to an activating group) is 1. The quantitative estimate of drug-likeness (QED) is 0.554. The fraction of sp³-hybridized carbons (Fsp3) is 0.650. The van der Waals surface area contributed by atoms with Crippen molar-refractivity contribution in [2.24, 2.45) is 0 Å². The topological polar surface area (TPSA) is 49.8 Å². The van der Waals surface area contributed by atoms with E-state index in [-0.39, 0.29) is 24.0 Å². The molecular formula is C20H33NO3. The van der Waals surface area contributed by atoms with Gasteiger partial charge in [0, 0.05) is 12.1 Å². The van der Waals surface area contributed by atoms with Crippen LogP contribution in [0.2, 0.25) is 0 Å². The van der Waals surface area contributed by atoms with E-state index in [1.807, 2.05) is 6.07 Å². The smallest absolute Gasteiger partial charge is 0.283 e. The second-order valence-electron chi connectivity index (χ2n) is 7.58. The minimum Gasteiger partial charge on any atom is -0.483 e. The van der Waals surface area contributed by atoms with E-state index in [2.05, 4.69) is 53.7 Å². The van der Waals surface area contributed by atoms with Crippen LogP contribution >= 0.6 is 0 Å². The minimum atomic E-state index is -0.435. The van der Waals surface area contributed by atoms with Crippen molar-refractivity contribution in [2.75, 3.05) is 13.2 Å². The van der Waals surface area contributed by atoms with Gasteiger partial charge in [-0.3, -0.25) is 10.0 Å². The van der Waals surface area contributed by atoms with E-state index in [0.717, 1.165) is 24.2 Å². The highest BCUT2D eigenvalue weighted by Gasteiger charge is 2.27. The molecule has 0 spiro atoms. The van der Waals surface area contributed by atoms with Crippen molar-refractivity contribution >= 4 is 5.91 Å². The van der Waals surface area contributed by atoms with Crippen molar-refractivity contribution in [1.29, 1.82) is 0 Å². The summed E-state index contributed by atoms with van der Waals surface area (Å²) in [6.07, 6.45) is 2.02. The fourth-order valence-electron chi connectivity index (χ4n) is 2.39. The molecule has 0 aliphatic rings. The van der Waals surface area contributed by atoms with Crippen molar-refractivity contribution in [1.82, 2.24) is 5.06 Å². The number of benzene rings is 1. The molecule has 4 heteroatoms. The number of hydroxylamine groups is 2. The summed E-state index contributed by atoms with van der Waals surface area (Å²) in [5.74, 6) is 0.283. The lowest BCUT2D eigenvalue weighted by molar-refractivity contribution is -0.166. The third-order valence-corrected chi connectivity index (χ3v) is 5.20. The molecule has 0 atom stereocenters. The second kappa shape index (κ2) is 8.02. The van der Waals surface area contributed by atoms with Gasteiger partial charge in [0.15, 0.2) is 6.61 Å². The van der Waals surface area contributed by atoms with Gasteiger partial charge in [-0.05, 0) is 42.2 Å². The normalized spacial score (nSPS) is 12.2. The molecule has 0 fully saturated rings. The van der Waals surface area contributed by atoms with Gasteiger partial charge in [-0.15, -0.1) is 0 Å². The van der Waals surface area contributed by atoms with E-state index in [1.165, 1.54) is 5.56 Å². The molecule has 1 N–H and O–H groups in total. The molecule has 136 valence electrons. The zero-order valence-electron chi connectivity index (χ0n) is 16.3. The molecule has 0 bridgehead atoms. The average Bonchev–Trinajstić information content (AvgIpc) is 2.58. The maximum absolute atomic E-state index is 11.8. The maximum atomic E-state index is 11.8. The molecule has 0 heterocycles. The van der Waals surface area contributed by atoms with Gasteiger partial charge in [-0.2, -0.15) is 0 Å². The summed E-state index contributed by atoms with van der Waals surface area (Å²) in [5, 5.41) is 10.1. The summed E-state index contributed by atoms with van der Waals surface area (Å²) < 4.78 is 5.76. The van der Waals surface area contributed by atoms with Crippen molar-refractivity contribution in [3.8, 4) is 5.75 Å². The molecule has 0 unspecified atom stereocenters. The van der Waals surface area contributed by atoms with E-state index in [0.29, 0.717) is 5.06 Å². The van der Waals surface area contributed by atoms with Crippen molar-refractivity contribution in [3.63, 3.8) is 0 Å². The number of carbonyl (C=O) groups excluding carboxylic acids is 1. The number of ether oxygens (including phenoxy) is 1. The van der Waals surface area contributed by atoms with Gasteiger partial charge in [0.25, 0.3) is 5.91 Å². The van der Waals surface area contributed by atoms with Crippen LogP contribution in [0.3, 0.4) is 0 Å². The molecule has 0 saturated carbocycles. The maximum Gasteiger partial charge on any atom is 0.283 e. The molecule has 1 aromatic carbocycles. The summed E-state index contributed by atoms with van der Waals surface area (Å²) in [6, 6.07) is 6.25. The van der Waals surface area contributed by atoms with Crippen LogP contribution < -0.4 is 4.74 Å². The Kier molecular flexibility index (Phi) is 6.85. The molecule has 1 rings (SSSR count). The first-order valence-electron chi connectivity index (χ1n) is 8.86. The van der Waals surface area contributed by atoms with E-state index < -0.39 is 5.91 Å². The van der Waals surface area contributed by atoms with Gasteiger partial charge in [0.1, 0.15) is 5.75 Å². The monoisotopic (exact) mass is 335 g/mol. The molecule has 0 saturated heterocycles. The number of carbonyl (C=O) groups is 1. The Morgan fingerprint density at radius 3 is 2.17 bits per heavy atom. The number of hydrogen-bond donors (Lipinski definition) is 1. The van der Waals surface area contributed by atoms with Gasteiger partial charge in [-0.1, -0.05) is 53.7 Å². The number of amides is 1. The van der Waals surface area contributed by atoms with Crippen LogP contribution in [0.4, 0.5) is 0 Å². The highest BCUT2D eigenvalue weighted by Crippen LogP contribution is 2.38. The van der Waals surface area contributed by atoms with E-state index in [4.69, 9.17) is 4.74 Å². The first kappa shape index (κ1) is 20.5. The largest absolute Gasteiger partial charge is 0.483 e. The molecule has 0 aromatic heterocycles.